The maximum atomic E-state index is 4.31. The second-order valence-corrected chi connectivity index (χ2v) is 5.77. The molecule has 0 fully saturated rings. The number of nitrogens with zero attached hydrogens (tertiary/aromatic N) is 2. The molecule has 1 atom stereocenters. The maximum Gasteiger partial charge on any atom is 0.191 e. The fourth-order valence-electron chi connectivity index (χ4n) is 2.42. The number of rotatable bonds is 12. The quantitative estimate of drug-likeness (QED) is 0.216. The Balaban J connectivity index is 0. The first-order chi connectivity index (χ1) is 10.2. The van der Waals surface area contributed by atoms with Gasteiger partial charge in [-0.15, -0.1) is 24.0 Å². The Hall–Kier alpha value is -0.0400. The molecule has 0 saturated heterocycles. The molecule has 22 heavy (non-hydrogen) atoms. The summed E-state index contributed by atoms with van der Waals surface area (Å²) in [6.07, 6.45) is 7.58. The molecule has 2 N–H and O–H groups in total. The maximum absolute atomic E-state index is 4.31. The highest BCUT2D eigenvalue weighted by Crippen LogP contribution is 2.00. The van der Waals surface area contributed by atoms with Gasteiger partial charge in [0.25, 0.3) is 0 Å². The number of nitrogens with one attached hydrogen (secondary N) is 2. The van der Waals surface area contributed by atoms with Gasteiger partial charge in [0.05, 0.1) is 0 Å². The second-order valence-electron chi connectivity index (χ2n) is 5.77. The van der Waals surface area contributed by atoms with Crippen molar-refractivity contribution >= 4 is 29.9 Å². The summed E-state index contributed by atoms with van der Waals surface area (Å²) in [6, 6.07) is 0.474. The van der Waals surface area contributed by atoms with Gasteiger partial charge < -0.3 is 15.5 Å². The van der Waals surface area contributed by atoms with Crippen molar-refractivity contribution in [2.75, 3.05) is 33.2 Å². The van der Waals surface area contributed by atoms with Crippen molar-refractivity contribution in [1.82, 2.24) is 15.5 Å². The molecule has 134 valence electrons. The first-order valence-electron chi connectivity index (χ1n) is 8.87. The van der Waals surface area contributed by atoms with E-state index in [2.05, 4.69) is 48.2 Å². The first-order valence-corrected chi connectivity index (χ1v) is 8.87. The summed E-state index contributed by atoms with van der Waals surface area (Å²) in [5.41, 5.74) is 0. The van der Waals surface area contributed by atoms with Crippen molar-refractivity contribution < 1.29 is 0 Å². The Bertz CT molecular complexity index is 255. The highest BCUT2D eigenvalue weighted by molar-refractivity contribution is 14.0. The van der Waals surface area contributed by atoms with Crippen LogP contribution in [0.2, 0.25) is 0 Å². The Morgan fingerprint density at radius 1 is 1.05 bits per heavy atom. The molecular weight excluding hydrogens is 387 g/mol. The molecule has 4 nitrogen and oxygen atoms in total. The van der Waals surface area contributed by atoms with Crippen molar-refractivity contribution in [3.63, 3.8) is 0 Å². The lowest BCUT2D eigenvalue weighted by molar-refractivity contribution is 0.292. The van der Waals surface area contributed by atoms with E-state index in [1.165, 1.54) is 45.1 Å². The molecule has 0 aromatic carbocycles. The zero-order chi connectivity index (χ0) is 15.9. The van der Waals surface area contributed by atoms with Crippen LogP contribution in [0.4, 0.5) is 0 Å². The molecule has 0 saturated carbocycles. The van der Waals surface area contributed by atoms with Crippen LogP contribution in [0.25, 0.3) is 0 Å². The number of guanidine groups is 1. The lowest BCUT2D eigenvalue weighted by Crippen LogP contribution is -2.42. The van der Waals surface area contributed by atoms with E-state index in [-0.39, 0.29) is 24.0 Å². The predicted molar refractivity (Wildman–Crippen MR) is 111 cm³/mol. The van der Waals surface area contributed by atoms with Crippen LogP contribution >= 0.6 is 24.0 Å². The third-order valence-electron chi connectivity index (χ3n) is 3.94. The third-order valence-corrected chi connectivity index (χ3v) is 3.94. The average Bonchev–Trinajstić information content (AvgIpc) is 2.50. The Morgan fingerprint density at radius 3 is 2.27 bits per heavy atom. The van der Waals surface area contributed by atoms with Gasteiger partial charge in [-0.3, -0.25) is 4.99 Å². The molecule has 0 aromatic rings. The van der Waals surface area contributed by atoms with Gasteiger partial charge in [-0.2, -0.15) is 0 Å². The average molecular weight is 426 g/mol. The van der Waals surface area contributed by atoms with Crippen LogP contribution in [-0.2, 0) is 0 Å². The van der Waals surface area contributed by atoms with Crippen LogP contribution in [-0.4, -0.2) is 50.1 Å². The van der Waals surface area contributed by atoms with Crippen LogP contribution in [0.5, 0.6) is 0 Å². The zero-order valence-corrected chi connectivity index (χ0v) is 17.8. The second kappa shape index (κ2) is 17.3. The highest BCUT2D eigenvalue weighted by Gasteiger charge is 2.06. The normalized spacial score (nSPS) is 12.9. The molecule has 0 radical (unpaired) electrons. The monoisotopic (exact) mass is 426 g/mol. The van der Waals surface area contributed by atoms with E-state index in [1.807, 2.05) is 7.05 Å². The molecule has 0 aromatic heterocycles. The van der Waals surface area contributed by atoms with Crippen LogP contribution < -0.4 is 10.6 Å². The number of aliphatic imine (C=N–C) groups is 1. The van der Waals surface area contributed by atoms with E-state index in [9.17, 15) is 0 Å². The minimum absolute atomic E-state index is 0. The molecule has 5 heteroatoms. The minimum atomic E-state index is 0. The number of hydrogen-bond acceptors (Lipinski definition) is 2. The van der Waals surface area contributed by atoms with E-state index in [1.54, 1.807) is 0 Å². The van der Waals surface area contributed by atoms with Gasteiger partial charge in [0, 0.05) is 19.6 Å². The largest absolute Gasteiger partial charge is 0.356 e. The number of halogens is 1. The van der Waals surface area contributed by atoms with Crippen molar-refractivity contribution in [2.24, 2.45) is 4.99 Å². The Morgan fingerprint density at radius 2 is 1.73 bits per heavy atom. The zero-order valence-electron chi connectivity index (χ0n) is 15.5. The van der Waals surface area contributed by atoms with Crippen molar-refractivity contribution in [3.8, 4) is 0 Å². The van der Waals surface area contributed by atoms with E-state index in [4.69, 9.17) is 0 Å². The van der Waals surface area contributed by atoms with Gasteiger partial charge in [0.15, 0.2) is 5.96 Å². The van der Waals surface area contributed by atoms with E-state index < -0.39 is 0 Å². The summed E-state index contributed by atoms with van der Waals surface area (Å²) in [4.78, 5) is 6.79. The molecular formula is C17H39IN4. The van der Waals surface area contributed by atoms with E-state index >= 15 is 0 Å². The number of unbranched alkanes of at least 4 members (excludes halogenated alkanes) is 3. The van der Waals surface area contributed by atoms with Crippen LogP contribution in [0.3, 0.4) is 0 Å². The SMILES string of the molecule is CCCCCCNC(=NC)NC(C)CCCN(CC)CC.I. The van der Waals surface area contributed by atoms with Crippen molar-refractivity contribution in [1.29, 1.82) is 0 Å². The van der Waals surface area contributed by atoms with Gasteiger partial charge in [0.1, 0.15) is 0 Å². The molecule has 0 aliphatic carbocycles. The topological polar surface area (TPSA) is 39.7 Å². The van der Waals surface area contributed by atoms with E-state index in [0.717, 1.165) is 25.6 Å². The lowest BCUT2D eigenvalue weighted by atomic mass is 10.2. The summed E-state index contributed by atoms with van der Waals surface area (Å²) in [5, 5.41) is 6.90. The predicted octanol–water partition coefficient (Wildman–Crippen LogP) is 3.86. The third kappa shape index (κ3) is 13.6. The summed E-state index contributed by atoms with van der Waals surface area (Å²) in [5.74, 6) is 0.946. The van der Waals surface area contributed by atoms with Crippen molar-refractivity contribution in [3.05, 3.63) is 0 Å². The van der Waals surface area contributed by atoms with Gasteiger partial charge >= 0.3 is 0 Å². The van der Waals surface area contributed by atoms with Crippen LogP contribution in [0.1, 0.15) is 66.2 Å². The smallest absolute Gasteiger partial charge is 0.191 e. The molecule has 0 bridgehead atoms. The van der Waals surface area contributed by atoms with Gasteiger partial charge in [-0.05, 0) is 45.8 Å². The fourth-order valence-corrected chi connectivity index (χ4v) is 2.42. The molecule has 0 aliphatic heterocycles. The summed E-state index contributed by atoms with van der Waals surface area (Å²) >= 11 is 0. The summed E-state index contributed by atoms with van der Waals surface area (Å²) < 4.78 is 0. The summed E-state index contributed by atoms with van der Waals surface area (Å²) in [6.45, 7) is 13.5. The van der Waals surface area contributed by atoms with E-state index in [0.29, 0.717) is 6.04 Å². The van der Waals surface area contributed by atoms with Gasteiger partial charge in [0.2, 0.25) is 0 Å². The fraction of sp³-hybridized carbons (Fsp3) is 0.941. The Labute approximate surface area is 155 Å². The van der Waals surface area contributed by atoms with Crippen LogP contribution in [0, 0.1) is 0 Å². The van der Waals surface area contributed by atoms with Crippen LogP contribution in [0.15, 0.2) is 4.99 Å². The van der Waals surface area contributed by atoms with Crippen molar-refractivity contribution in [2.45, 2.75) is 72.3 Å². The molecule has 0 spiro atoms. The minimum Gasteiger partial charge on any atom is -0.356 e. The highest BCUT2D eigenvalue weighted by atomic mass is 127. The van der Waals surface area contributed by atoms with Gasteiger partial charge in [-0.1, -0.05) is 40.0 Å². The molecule has 0 rings (SSSR count). The van der Waals surface area contributed by atoms with Gasteiger partial charge in [-0.25, -0.2) is 0 Å². The molecule has 0 amide bonds. The summed E-state index contributed by atoms with van der Waals surface area (Å²) in [7, 11) is 1.85. The number of hydrogen-bond donors (Lipinski definition) is 2. The Kier molecular flexibility index (Phi) is 19.1. The first kappa shape index (κ1) is 24.2. The molecule has 0 aliphatic rings. The molecule has 1 unspecified atom stereocenters. The lowest BCUT2D eigenvalue weighted by Gasteiger charge is -2.21. The standard InChI is InChI=1S/C17H38N4.HI/c1-6-9-10-11-14-19-17(18-5)20-16(4)13-12-15-21(7-2)8-3;/h16H,6-15H2,1-5H3,(H2,18,19,20);1H. The molecule has 0 heterocycles.